The predicted molar refractivity (Wildman–Crippen MR) is 53.4 cm³/mol. The number of phosphoric ester groups is 1. The summed E-state index contributed by atoms with van der Waals surface area (Å²) in [5.74, 6) is -0.564. The fraction of sp³-hybridized carbons (Fsp3) is 0.857. The van der Waals surface area contributed by atoms with Gasteiger partial charge in [0.05, 0.1) is 13.2 Å². The fourth-order valence-electron chi connectivity index (χ4n) is 0.647. The van der Waals surface area contributed by atoms with E-state index in [0.717, 1.165) is 0 Å². The maximum absolute atomic E-state index is 11.1. The van der Waals surface area contributed by atoms with E-state index in [-0.39, 0.29) is 19.8 Å². The number of phosphoric acid groups is 1. The first-order valence-corrected chi connectivity index (χ1v) is 6.00. The Bertz CT molecular complexity index is 259. The van der Waals surface area contributed by atoms with Crippen LogP contribution in [0.2, 0.25) is 0 Å². The van der Waals surface area contributed by atoms with E-state index in [1.165, 1.54) is 6.92 Å². The summed E-state index contributed by atoms with van der Waals surface area (Å²) >= 11 is 0. The molecule has 2 atom stereocenters. The maximum atomic E-state index is 11.1. The summed E-state index contributed by atoms with van der Waals surface area (Å²) in [6.07, 6.45) is -1.19. The largest absolute Gasteiger partial charge is 0.472 e. The number of hydrogen-bond acceptors (Lipinski definition) is 7. The third kappa shape index (κ3) is 8.78. The second kappa shape index (κ2) is 7.72. The van der Waals surface area contributed by atoms with Gasteiger partial charge in [0.15, 0.2) is 0 Å². The number of esters is 1. The number of ether oxygens (including phenoxy) is 1. The van der Waals surface area contributed by atoms with E-state index in [0.29, 0.717) is 0 Å². The molecule has 0 aliphatic rings. The van der Waals surface area contributed by atoms with Crippen LogP contribution in [-0.4, -0.2) is 48.4 Å². The number of nitrogens with two attached hydrogens (primary N) is 1. The van der Waals surface area contributed by atoms with E-state index >= 15 is 0 Å². The lowest BCUT2D eigenvalue weighted by molar-refractivity contribution is -0.144. The number of carbonyl (C=O) groups is 1. The molecule has 0 fully saturated rings. The molecule has 0 saturated heterocycles. The summed E-state index contributed by atoms with van der Waals surface area (Å²) in [4.78, 5) is 19.4. The van der Waals surface area contributed by atoms with E-state index in [9.17, 15) is 14.5 Å². The van der Waals surface area contributed by atoms with Crippen LogP contribution in [0.3, 0.4) is 0 Å². The predicted octanol–water partition coefficient (Wildman–Crippen LogP) is -0.997. The molecular weight excluding hydrogens is 241 g/mol. The minimum atomic E-state index is -4.19. The normalized spacial score (nSPS) is 16.5. The van der Waals surface area contributed by atoms with Crippen molar-refractivity contribution >= 4 is 13.8 Å². The number of aliphatic hydroxyl groups is 1. The van der Waals surface area contributed by atoms with Gasteiger partial charge in [-0.05, 0) is 0 Å². The average Bonchev–Trinajstić information content (AvgIpc) is 2.21. The third-order valence-electron chi connectivity index (χ3n) is 1.28. The van der Waals surface area contributed by atoms with Crippen molar-refractivity contribution in [3.05, 3.63) is 0 Å². The summed E-state index contributed by atoms with van der Waals surface area (Å²) in [6, 6.07) is 0. The zero-order chi connectivity index (χ0) is 12.6. The van der Waals surface area contributed by atoms with Gasteiger partial charge in [0.1, 0.15) is 12.7 Å². The molecule has 0 heterocycles. The standard InChI is InChI=1S/C7H16NO7P/c1-6(9)13-4-7(10)5-15-16(11,12)14-3-2-8/h7,10H,2-5,8H2,1H3,(H,11,12)/t7-/m1/s1. The first-order valence-electron chi connectivity index (χ1n) is 4.50. The lowest BCUT2D eigenvalue weighted by Crippen LogP contribution is -2.22. The van der Waals surface area contributed by atoms with Crippen molar-refractivity contribution in [2.24, 2.45) is 5.73 Å². The highest BCUT2D eigenvalue weighted by atomic mass is 31.2. The number of aliphatic hydroxyl groups excluding tert-OH is 1. The summed E-state index contributed by atoms with van der Waals surface area (Å²) < 4.78 is 24.3. The second-order valence-corrected chi connectivity index (χ2v) is 4.30. The Kier molecular flexibility index (Phi) is 7.48. The Morgan fingerprint density at radius 1 is 1.44 bits per heavy atom. The van der Waals surface area contributed by atoms with E-state index in [1.807, 2.05) is 0 Å². The molecule has 0 saturated carbocycles. The molecule has 0 radical (unpaired) electrons. The summed E-state index contributed by atoms with van der Waals surface area (Å²) in [5, 5.41) is 9.17. The molecule has 1 unspecified atom stereocenters. The Morgan fingerprint density at radius 3 is 2.56 bits per heavy atom. The molecule has 0 bridgehead atoms. The molecule has 96 valence electrons. The molecule has 8 nitrogen and oxygen atoms in total. The van der Waals surface area contributed by atoms with Crippen molar-refractivity contribution in [1.82, 2.24) is 0 Å². The quantitative estimate of drug-likeness (QED) is 0.373. The van der Waals surface area contributed by atoms with Crippen LogP contribution in [0.15, 0.2) is 0 Å². The van der Waals surface area contributed by atoms with E-state index < -0.39 is 26.5 Å². The third-order valence-corrected chi connectivity index (χ3v) is 2.27. The van der Waals surface area contributed by atoms with Gasteiger partial charge in [0.2, 0.25) is 0 Å². The lowest BCUT2D eigenvalue weighted by Gasteiger charge is -2.14. The highest BCUT2D eigenvalue weighted by Crippen LogP contribution is 2.42. The van der Waals surface area contributed by atoms with Crippen molar-refractivity contribution in [1.29, 1.82) is 0 Å². The van der Waals surface area contributed by atoms with Crippen LogP contribution in [0, 0.1) is 0 Å². The molecule has 16 heavy (non-hydrogen) atoms. The van der Waals surface area contributed by atoms with Gasteiger partial charge in [-0.25, -0.2) is 4.57 Å². The molecule has 0 aromatic heterocycles. The van der Waals surface area contributed by atoms with Crippen molar-refractivity contribution in [3.63, 3.8) is 0 Å². The van der Waals surface area contributed by atoms with Gasteiger partial charge in [-0.15, -0.1) is 0 Å². The van der Waals surface area contributed by atoms with E-state index in [4.69, 9.17) is 10.6 Å². The van der Waals surface area contributed by atoms with Crippen LogP contribution in [0.1, 0.15) is 6.92 Å². The van der Waals surface area contributed by atoms with Gasteiger partial charge < -0.3 is 20.5 Å². The molecule has 4 N–H and O–H groups in total. The highest BCUT2D eigenvalue weighted by Gasteiger charge is 2.22. The van der Waals surface area contributed by atoms with Crippen molar-refractivity contribution in [3.8, 4) is 0 Å². The van der Waals surface area contributed by atoms with Gasteiger partial charge in [-0.3, -0.25) is 13.8 Å². The summed E-state index contributed by atoms with van der Waals surface area (Å²) in [6.45, 7) is 0.324. The minimum absolute atomic E-state index is 0.0733. The van der Waals surface area contributed by atoms with Crippen LogP contribution in [0.25, 0.3) is 0 Å². The average molecular weight is 257 g/mol. The van der Waals surface area contributed by atoms with Gasteiger partial charge in [0.25, 0.3) is 0 Å². The molecule has 0 aliphatic heterocycles. The topological polar surface area (TPSA) is 128 Å². The number of hydrogen-bond donors (Lipinski definition) is 3. The first-order chi connectivity index (χ1) is 7.37. The smallest absolute Gasteiger partial charge is 0.463 e. The maximum Gasteiger partial charge on any atom is 0.472 e. The zero-order valence-electron chi connectivity index (χ0n) is 8.87. The van der Waals surface area contributed by atoms with Crippen molar-refractivity contribution in [2.45, 2.75) is 13.0 Å². The SMILES string of the molecule is CC(=O)OC[C@@H](O)COP(=O)(O)OCCN. The van der Waals surface area contributed by atoms with Crippen LogP contribution in [0.4, 0.5) is 0 Å². The van der Waals surface area contributed by atoms with Crippen LogP contribution < -0.4 is 5.73 Å². The molecule has 0 aromatic rings. The number of carbonyl (C=O) groups excluding carboxylic acids is 1. The lowest BCUT2D eigenvalue weighted by atomic mass is 10.4. The summed E-state index contributed by atoms with van der Waals surface area (Å²) in [5.41, 5.74) is 5.05. The van der Waals surface area contributed by atoms with Crippen LogP contribution in [-0.2, 0) is 23.1 Å². The number of rotatable bonds is 8. The molecule has 0 aromatic carbocycles. The van der Waals surface area contributed by atoms with Gasteiger partial charge in [-0.1, -0.05) is 0 Å². The molecular formula is C7H16NO7P. The Morgan fingerprint density at radius 2 is 2.06 bits per heavy atom. The van der Waals surface area contributed by atoms with Gasteiger partial charge in [-0.2, -0.15) is 0 Å². The van der Waals surface area contributed by atoms with E-state index in [1.54, 1.807) is 0 Å². The second-order valence-electron chi connectivity index (χ2n) is 2.84. The summed E-state index contributed by atoms with van der Waals surface area (Å²) in [7, 11) is -4.19. The Balaban J connectivity index is 3.76. The van der Waals surface area contributed by atoms with Crippen LogP contribution in [0.5, 0.6) is 0 Å². The highest BCUT2D eigenvalue weighted by molar-refractivity contribution is 7.47. The van der Waals surface area contributed by atoms with Crippen molar-refractivity contribution < 1.29 is 33.1 Å². The fourth-order valence-corrected chi connectivity index (χ4v) is 1.42. The van der Waals surface area contributed by atoms with Gasteiger partial charge >= 0.3 is 13.8 Å². The molecule has 0 amide bonds. The molecule has 0 aliphatic carbocycles. The monoisotopic (exact) mass is 257 g/mol. The zero-order valence-corrected chi connectivity index (χ0v) is 9.76. The minimum Gasteiger partial charge on any atom is -0.463 e. The Labute approximate surface area is 92.9 Å². The van der Waals surface area contributed by atoms with Crippen LogP contribution >= 0.6 is 7.82 Å². The van der Waals surface area contributed by atoms with Crippen molar-refractivity contribution in [2.75, 3.05) is 26.4 Å². The Hall–Kier alpha value is -0.500. The van der Waals surface area contributed by atoms with Gasteiger partial charge in [0, 0.05) is 13.5 Å². The first kappa shape index (κ1) is 15.5. The molecule has 0 rings (SSSR count). The molecule has 0 spiro atoms. The van der Waals surface area contributed by atoms with E-state index in [2.05, 4.69) is 13.8 Å². The molecule has 9 heteroatoms.